The number of nitrogens with two attached hydrogens (primary N) is 1. The Hall–Kier alpha value is -2.10. The van der Waals surface area contributed by atoms with E-state index in [1.165, 1.54) is 6.42 Å². The number of nitrogens with zero attached hydrogens (tertiary/aromatic N) is 2. The van der Waals surface area contributed by atoms with Gasteiger partial charge in [0.15, 0.2) is 0 Å². The van der Waals surface area contributed by atoms with Gasteiger partial charge in [0.2, 0.25) is 0 Å². The van der Waals surface area contributed by atoms with Crippen LogP contribution in [0.15, 0.2) is 30.3 Å². The summed E-state index contributed by atoms with van der Waals surface area (Å²) in [5.74, 6) is 1.62. The van der Waals surface area contributed by atoms with E-state index in [2.05, 4.69) is 11.8 Å². The van der Waals surface area contributed by atoms with Crippen LogP contribution >= 0.6 is 0 Å². The van der Waals surface area contributed by atoms with E-state index in [4.69, 9.17) is 16.1 Å². The molecule has 1 atom stereocenters. The summed E-state index contributed by atoms with van der Waals surface area (Å²) in [6, 6.07) is 9.95. The molecule has 1 aromatic carbocycles. The quantitative estimate of drug-likeness (QED) is 0.638. The first-order valence-electron chi connectivity index (χ1n) is 6.64. The normalized spacial score (nSPS) is 19.0. The molecule has 0 radical (unpaired) electrons. The Bertz CT molecular complexity index is 635. The van der Waals surface area contributed by atoms with E-state index in [1.807, 2.05) is 30.3 Å². The van der Waals surface area contributed by atoms with Gasteiger partial charge in [-0.05, 0) is 24.5 Å². The molecule has 3 N–H and O–H groups in total. The highest BCUT2D eigenvalue weighted by atomic mass is 15.2. The van der Waals surface area contributed by atoms with Gasteiger partial charge in [0, 0.05) is 18.5 Å². The van der Waals surface area contributed by atoms with Crippen molar-refractivity contribution in [1.82, 2.24) is 4.98 Å². The van der Waals surface area contributed by atoms with Gasteiger partial charge in [-0.3, -0.25) is 5.41 Å². The zero-order valence-corrected chi connectivity index (χ0v) is 11.1. The minimum absolute atomic E-state index is 0.0906. The molecule has 0 spiro atoms. The first-order chi connectivity index (χ1) is 9.15. The molecule has 0 saturated carbocycles. The summed E-state index contributed by atoms with van der Waals surface area (Å²) in [5, 5.41) is 8.81. The fraction of sp³-hybridized carbons (Fsp3) is 0.333. The molecule has 2 aromatic rings. The molecule has 4 nitrogen and oxygen atoms in total. The topological polar surface area (TPSA) is 66.0 Å². The van der Waals surface area contributed by atoms with E-state index in [-0.39, 0.29) is 5.84 Å². The molecule has 0 bridgehead atoms. The van der Waals surface area contributed by atoms with Crippen LogP contribution in [0.1, 0.15) is 18.9 Å². The van der Waals surface area contributed by atoms with Crippen LogP contribution in [0.5, 0.6) is 0 Å². The number of benzene rings is 1. The zero-order chi connectivity index (χ0) is 13.4. The molecular weight excluding hydrogens is 236 g/mol. The van der Waals surface area contributed by atoms with Gasteiger partial charge >= 0.3 is 0 Å². The first kappa shape index (κ1) is 12.0. The fourth-order valence-electron chi connectivity index (χ4n) is 2.67. The zero-order valence-electron chi connectivity index (χ0n) is 11.1. The van der Waals surface area contributed by atoms with Gasteiger partial charge in [-0.2, -0.15) is 0 Å². The van der Waals surface area contributed by atoms with Crippen molar-refractivity contribution in [2.75, 3.05) is 18.0 Å². The third-order valence-corrected chi connectivity index (χ3v) is 3.72. The van der Waals surface area contributed by atoms with Crippen molar-refractivity contribution in [3.8, 4) is 0 Å². The van der Waals surface area contributed by atoms with Crippen LogP contribution in [0.2, 0.25) is 0 Å². The first-order valence-corrected chi connectivity index (χ1v) is 6.64. The summed E-state index contributed by atoms with van der Waals surface area (Å²) in [5.41, 5.74) is 7.43. The Morgan fingerprint density at radius 3 is 2.89 bits per heavy atom. The second kappa shape index (κ2) is 4.53. The number of amidine groups is 1. The number of aromatic nitrogens is 1. The Kier molecular flexibility index (Phi) is 2.85. The Balaban J connectivity index is 2.15. The molecule has 4 heteroatoms. The van der Waals surface area contributed by atoms with Crippen molar-refractivity contribution in [2.45, 2.75) is 13.3 Å². The maximum Gasteiger partial charge on any atom is 0.140 e. The molecular formula is C15H18N4. The molecule has 1 saturated heterocycles. The van der Waals surface area contributed by atoms with Gasteiger partial charge in [-0.1, -0.05) is 25.1 Å². The summed E-state index contributed by atoms with van der Waals surface area (Å²) in [6.07, 6.45) is 1.17. The molecule has 2 heterocycles. The predicted octanol–water partition coefficient (Wildman–Crippen LogP) is 2.37. The number of para-hydroxylation sites is 1. The summed E-state index contributed by atoms with van der Waals surface area (Å²) in [6.45, 7) is 4.23. The average Bonchev–Trinajstić information content (AvgIpc) is 2.83. The molecule has 1 aliphatic heterocycles. The van der Waals surface area contributed by atoms with Crippen LogP contribution < -0.4 is 10.6 Å². The van der Waals surface area contributed by atoms with Gasteiger partial charge in [0.25, 0.3) is 0 Å². The number of nitrogen functional groups attached to an aromatic ring is 1. The highest BCUT2D eigenvalue weighted by molar-refractivity contribution is 6.03. The monoisotopic (exact) mass is 254 g/mol. The van der Waals surface area contributed by atoms with Crippen LogP contribution in [-0.2, 0) is 0 Å². The SMILES string of the molecule is CC1CCN(c2nc3ccccc3cc2C(=N)N)C1. The highest BCUT2D eigenvalue weighted by Crippen LogP contribution is 2.27. The fourth-order valence-corrected chi connectivity index (χ4v) is 2.67. The number of anilines is 1. The summed E-state index contributed by atoms with van der Waals surface area (Å²) in [7, 11) is 0. The largest absolute Gasteiger partial charge is 0.384 e. The van der Waals surface area contributed by atoms with Gasteiger partial charge < -0.3 is 10.6 Å². The van der Waals surface area contributed by atoms with Crippen molar-refractivity contribution < 1.29 is 0 Å². The van der Waals surface area contributed by atoms with Gasteiger partial charge in [0.1, 0.15) is 11.7 Å². The molecule has 1 aromatic heterocycles. The van der Waals surface area contributed by atoms with Gasteiger partial charge in [0.05, 0.1) is 11.1 Å². The second-order valence-corrected chi connectivity index (χ2v) is 5.31. The molecule has 3 rings (SSSR count). The Labute approximate surface area is 112 Å². The van der Waals surface area contributed by atoms with Crippen molar-refractivity contribution in [3.05, 3.63) is 35.9 Å². The van der Waals surface area contributed by atoms with Gasteiger partial charge in [-0.15, -0.1) is 0 Å². The number of hydrogen-bond acceptors (Lipinski definition) is 3. The lowest BCUT2D eigenvalue weighted by atomic mass is 10.1. The summed E-state index contributed by atoms with van der Waals surface area (Å²) in [4.78, 5) is 6.96. The van der Waals surface area contributed by atoms with Gasteiger partial charge in [-0.25, -0.2) is 4.98 Å². The van der Waals surface area contributed by atoms with E-state index in [0.29, 0.717) is 5.92 Å². The lowest BCUT2D eigenvalue weighted by Crippen LogP contribution is -2.25. The van der Waals surface area contributed by atoms with Crippen LogP contribution in [-0.4, -0.2) is 23.9 Å². The lowest BCUT2D eigenvalue weighted by molar-refractivity contribution is 0.659. The molecule has 98 valence electrons. The van der Waals surface area contributed by atoms with E-state index in [1.54, 1.807) is 0 Å². The average molecular weight is 254 g/mol. The Morgan fingerprint density at radius 2 is 2.21 bits per heavy atom. The lowest BCUT2D eigenvalue weighted by Gasteiger charge is -2.20. The number of rotatable bonds is 2. The number of hydrogen-bond donors (Lipinski definition) is 2. The molecule has 1 fully saturated rings. The van der Waals surface area contributed by atoms with E-state index < -0.39 is 0 Å². The van der Waals surface area contributed by atoms with Crippen LogP contribution in [0.4, 0.5) is 5.82 Å². The van der Waals surface area contributed by atoms with E-state index in [9.17, 15) is 0 Å². The van der Waals surface area contributed by atoms with Crippen molar-refractivity contribution in [2.24, 2.45) is 11.7 Å². The maximum absolute atomic E-state index is 7.78. The van der Waals surface area contributed by atoms with Crippen molar-refractivity contribution in [1.29, 1.82) is 5.41 Å². The molecule has 0 aliphatic carbocycles. The highest BCUT2D eigenvalue weighted by Gasteiger charge is 2.23. The number of pyridine rings is 1. The van der Waals surface area contributed by atoms with E-state index >= 15 is 0 Å². The molecule has 1 aliphatic rings. The minimum Gasteiger partial charge on any atom is -0.384 e. The predicted molar refractivity (Wildman–Crippen MR) is 78.8 cm³/mol. The number of fused-ring (bicyclic) bond motifs is 1. The smallest absolute Gasteiger partial charge is 0.140 e. The molecule has 1 unspecified atom stereocenters. The third-order valence-electron chi connectivity index (χ3n) is 3.72. The van der Waals surface area contributed by atoms with Crippen LogP contribution in [0.3, 0.4) is 0 Å². The van der Waals surface area contributed by atoms with E-state index in [0.717, 1.165) is 35.4 Å². The maximum atomic E-state index is 7.78. The van der Waals surface area contributed by atoms with Crippen molar-refractivity contribution >= 4 is 22.6 Å². The standard InChI is InChI=1S/C15H18N4/c1-10-6-7-19(9-10)15-12(14(16)17)8-11-4-2-3-5-13(11)18-15/h2-5,8,10H,6-7,9H2,1H3,(H3,16,17). The Morgan fingerprint density at radius 1 is 1.42 bits per heavy atom. The summed E-state index contributed by atoms with van der Waals surface area (Å²) < 4.78 is 0. The van der Waals surface area contributed by atoms with Crippen LogP contribution in [0.25, 0.3) is 10.9 Å². The molecule has 0 amide bonds. The number of nitrogens with one attached hydrogen (secondary N) is 1. The second-order valence-electron chi connectivity index (χ2n) is 5.31. The minimum atomic E-state index is 0.0906. The van der Waals surface area contributed by atoms with Crippen molar-refractivity contribution in [3.63, 3.8) is 0 Å². The summed E-state index contributed by atoms with van der Waals surface area (Å²) >= 11 is 0. The third kappa shape index (κ3) is 2.14. The van der Waals surface area contributed by atoms with Crippen LogP contribution in [0, 0.1) is 11.3 Å². The molecule has 19 heavy (non-hydrogen) atoms.